The van der Waals surface area contributed by atoms with Gasteiger partial charge in [-0.15, -0.1) is 0 Å². The molecule has 0 bridgehead atoms. The Bertz CT molecular complexity index is 1250. The van der Waals surface area contributed by atoms with Gasteiger partial charge in [0.25, 0.3) is 0 Å². The number of nitrogens with zero attached hydrogens (tertiary/aromatic N) is 4. The van der Waals surface area contributed by atoms with Crippen LogP contribution in [0.25, 0.3) is 0 Å². The molecule has 0 unspecified atom stereocenters. The first-order chi connectivity index (χ1) is 15.7. The second kappa shape index (κ2) is 9.52. The van der Waals surface area contributed by atoms with Crippen LogP contribution in [0.5, 0.6) is 0 Å². The van der Waals surface area contributed by atoms with E-state index in [0.717, 1.165) is 34.8 Å². The van der Waals surface area contributed by atoms with Crippen molar-refractivity contribution >= 4 is 15.8 Å². The lowest BCUT2D eigenvalue weighted by Gasteiger charge is -2.26. The molecule has 0 radical (unpaired) electrons. The maximum atomic E-state index is 13.7. The lowest BCUT2D eigenvalue weighted by atomic mass is 10.0. The molecule has 1 fully saturated rings. The van der Waals surface area contributed by atoms with Crippen molar-refractivity contribution in [1.82, 2.24) is 14.3 Å². The molecule has 174 valence electrons. The highest BCUT2D eigenvalue weighted by atomic mass is 32.2. The molecule has 0 N–H and O–H groups in total. The third kappa shape index (κ3) is 5.20. The van der Waals surface area contributed by atoms with Crippen molar-refractivity contribution < 1.29 is 17.2 Å². The third-order valence-electron chi connectivity index (χ3n) is 5.78. The first-order valence-electron chi connectivity index (χ1n) is 10.8. The van der Waals surface area contributed by atoms with Crippen LogP contribution in [0.1, 0.15) is 29.1 Å². The molecule has 0 spiro atoms. The van der Waals surface area contributed by atoms with E-state index in [0.29, 0.717) is 38.3 Å². The van der Waals surface area contributed by atoms with Crippen molar-refractivity contribution in [1.29, 1.82) is 0 Å². The standard InChI is InChI=1S/C24H26F2N4O2S/c1-17-23(16-19-5-3-6-21(26)15-19)24(28-18(2)27-17)29-11-4-12-30(14-13-29)33(31,32)22-9-7-20(25)8-10-22/h3,5-10,15H,4,11-14,16H2,1-2H3. The van der Waals surface area contributed by atoms with Crippen molar-refractivity contribution in [2.24, 2.45) is 0 Å². The SMILES string of the molecule is Cc1nc(C)c(Cc2cccc(F)c2)c(N2CCCN(S(=O)(=O)c3ccc(F)cc3)CC2)n1. The summed E-state index contributed by atoms with van der Waals surface area (Å²) in [5, 5.41) is 0. The van der Waals surface area contributed by atoms with Crippen LogP contribution in [0.2, 0.25) is 0 Å². The quantitative estimate of drug-likeness (QED) is 0.564. The number of benzene rings is 2. The summed E-state index contributed by atoms with van der Waals surface area (Å²) in [7, 11) is -3.72. The zero-order chi connectivity index (χ0) is 23.6. The predicted molar refractivity (Wildman–Crippen MR) is 123 cm³/mol. The van der Waals surface area contributed by atoms with Gasteiger partial charge in [0.05, 0.1) is 4.90 Å². The summed E-state index contributed by atoms with van der Waals surface area (Å²) in [4.78, 5) is 11.3. The first kappa shape index (κ1) is 23.3. The number of aromatic nitrogens is 2. The van der Waals surface area contributed by atoms with Gasteiger partial charge in [0, 0.05) is 43.9 Å². The van der Waals surface area contributed by atoms with E-state index in [1.165, 1.54) is 28.6 Å². The minimum atomic E-state index is -3.72. The second-order valence-electron chi connectivity index (χ2n) is 8.16. The zero-order valence-electron chi connectivity index (χ0n) is 18.6. The van der Waals surface area contributed by atoms with Gasteiger partial charge in [0.15, 0.2) is 0 Å². The summed E-state index contributed by atoms with van der Waals surface area (Å²) in [6, 6.07) is 11.4. The van der Waals surface area contributed by atoms with Gasteiger partial charge in [-0.2, -0.15) is 4.31 Å². The molecule has 2 heterocycles. The number of hydrogen-bond donors (Lipinski definition) is 0. The molecule has 6 nitrogen and oxygen atoms in total. The van der Waals surface area contributed by atoms with Crippen molar-refractivity contribution in [3.05, 3.63) is 82.8 Å². The van der Waals surface area contributed by atoms with E-state index in [-0.39, 0.29) is 17.3 Å². The molecule has 1 saturated heterocycles. The van der Waals surface area contributed by atoms with Gasteiger partial charge in [-0.05, 0) is 62.2 Å². The van der Waals surface area contributed by atoms with E-state index in [9.17, 15) is 17.2 Å². The predicted octanol–water partition coefficient (Wildman–Crippen LogP) is 3.86. The number of sulfonamides is 1. The smallest absolute Gasteiger partial charge is 0.243 e. The van der Waals surface area contributed by atoms with Crippen LogP contribution in [-0.4, -0.2) is 48.9 Å². The van der Waals surface area contributed by atoms with E-state index in [1.54, 1.807) is 6.07 Å². The molecule has 1 aliphatic rings. The van der Waals surface area contributed by atoms with Crippen LogP contribution in [-0.2, 0) is 16.4 Å². The van der Waals surface area contributed by atoms with Crippen molar-refractivity contribution in [2.45, 2.75) is 31.6 Å². The molecule has 33 heavy (non-hydrogen) atoms. The average molecular weight is 473 g/mol. The van der Waals surface area contributed by atoms with Crippen molar-refractivity contribution in [2.75, 3.05) is 31.1 Å². The fraction of sp³-hybridized carbons (Fsp3) is 0.333. The summed E-state index contributed by atoms with van der Waals surface area (Å²) in [5.74, 6) is 0.614. The fourth-order valence-corrected chi connectivity index (χ4v) is 5.61. The Morgan fingerprint density at radius 2 is 1.67 bits per heavy atom. The number of aryl methyl sites for hydroxylation is 2. The van der Waals surface area contributed by atoms with E-state index in [4.69, 9.17) is 0 Å². The number of hydrogen-bond acceptors (Lipinski definition) is 5. The van der Waals surface area contributed by atoms with Gasteiger partial charge in [-0.1, -0.05) is 12.1 Å². The van der Waals surface area contributed by atoms with Crippen LogP contribution in [0, 0.1) is 25.5 Å². The molecular weight excluding hydrogens is 446 g/mol. The lowest BCUT2D eigenvalue weighted by molar-refractivity contribution is 0.433. The largest absolute Gasteiger partial charge is 0.355 e. The summed E-state index contributed by atoms with van der Waals surface area (Å²) in [6.07, 6.45) is 1.09. The number of anilines is 1. The molecule has 0 amide bonds. The number of rotatable bonds is 5. The Morgan fingerprint density at radius 1 is 0.909 bits per heavy atom. The minimum absolute atomic E-state index is 0.0814. The van der Waals surface area contributed by atoms with Crippen molar-refractivity contribution in [3.63, 3.8) is 0 Å². The Balaban J connectivity index is 1.59. The summed E-state index contributed by atoms with van der Waals surface area (Å²) in [6.45, 7) is 5.45. The van der Waals surface area contributed by atoms with Gasteiger partial charge >= 0.3 is 0 Å². The highest BCUT2D eigenvalue weighted by Crippen LogP contribution is 2.26. The van der Waals surface area contributed by atoms with Crippen LogP contribution < -0.4 is 4.90 Å². The number of halogens is 2. The molecule has 2 aromatic carbocycles. The van der Waals surface area contributed by atoms with E-state index in [1.807, 2.05) is 19.9 Å². The van der Waals surface area contributed by atoms with Gasteiger partial charge < -0.3 is 4.90 Å². The molecule has 0 aliphatic carbocycles. The van der Waals surface area contributed by atoms with Gasteiger partial charge in [-0.3, -0.25) is 0 Å². The summed E-state index contributed by atoms with van der Waals surface area (Å²) in [5.41, 5.74) is 2.55. The molecular formula is C24H26F2N4O2S. The summed E-state index contributed by atoms with van der Waals surface area (Å²) < 4.78 is 54.6. The maximum Gasteiger partial charge on any atom is 0.243 e. The van der Waals surface area contributed by atoms with E-state index in [2.05, 4.69) is 14.9 Å². The highest BCUT2D eigenvalue weighted by Gasteiger charge is 2.28. The monoisotopic (exact) mass is 472 g/mol. The Labute approximate surface area is 193 Å². The fourth-order valence-electron chi connectivity index (χ4n) is 4.14. The Kier molecular flexibility index (Phi) is 6.71. The second-order valence-corrected chi connectivity index (χ2v) is 10.1. The zero-order valence-corrected chi connectivity index (χ0v) is 19.4. The topological polar surface area (TPSA) is 66.4 Å². The Morgan fingerprint density at radius 3 is 2.39 bits per heavy atom. The van der Waals surface area contributed by atoms with Crippen molar-refractivity contribution in [3.8, 4) is 0 Å². The van der Waals surface area contributed by atoms with E-state index >= 15 is 0 Å². The van der Waals surface area contributed by atoms with Crippen LogP contribution >= 0.6 is 0 Å². The molecule has 1 aromatic heterocycles. The van der Waals surface area contributed by atoms with Crippen LogP contribution in [0.3, 0.4) is 0 Å². The molecule has 0 atom stereocenters. The lowest BCUT2D eigenvalue weighted by Crippen LogP contribution is -2.35. The average Bonchev–Trinajstić information content (AvgIpc) is 3.03. The molecule has 9 heteroatoms. The van der Waals surface area contributed by atoms with Gasteiger partial charge in [-0.25, -0.2) is 27.2 Å². The van der Waals surface area contributed by atoms with Gasteiger partial charge in [0.1, 0.15) is 23.3 Å². The first-order valence-corrected chi connectivity index (χ1v) is 12.3. The molecule has 0 saturated carbocycles. The summed E-state index contributed by atoms with van der Waals surface area (Å²) >= 11 is 0. The Hall–Kier alpha value is -2.91. The highest BCUT2D eigenvalue weighted by molar-refractivity contribution is 7.89. The van der Waals surface area contributed by atoms with E-state index < -0.39 is 15.8 Å². The normalized spacial score (nSPS) is 15.5. The van der Waals surface area contributed by atoms with Gasteiger partial charge in [0.2, 0.25) is 10.0 Å². The minimum Gasteiger partial charge on any atom is -0.355 e. The molecule has 3 aromatic rings. The van der Waals surface area contributed by atoms with Crippen LogP contribution in [0.15, 0.2) is 53.4 Å². The maximum absolute atomic E-state index is 13.7. The molecule has 4 rings (SSSR count). The van der Waals surface area contributed by atoms with Crippen LogP contribution in [0.4, 0.5) is 14.6 Å². The molecule has 1 aliphatic heterocycles. The third-order valence-corrected chi connectivity index (χ3v) is 7.69.